The molecule has 0 aromatic carbocycles. The van der Waals surface area contributed by atoms with Crippen LogP contribution in [0.1, 0.15) is 19.0 Å². The van der Waals surface area contributed by atoms with Crippen molar-refractivity contribution in [1.29, 1.82) is 0 Å². The van der Waals surface area contributed by atoms with E-state index in [1.807, 2.05) is 5.38 Å². The number of piperidine rings is 1. The summed E-state index contributed by atoms with van der Waals surface area (Å²) in [5.74, 6) is 0.500. The third-order valence-electron chi connectivity index (χ3n) is 3.80. The molecule has 0 radical (unpaired) electrons. The fourth-order valence-electron chi connectivity index (χ4n) is 2.59. The summed E-state index contributed by atoms with van der Waals surface area (Å²) in [6.07, 6.45) is 2.78. The Balaban J connectivity index is 1.80. The van der Waals surface area contributed by atoms with Crippen molar-refractivity contribution in [3.63, 3.8) is 0 Å². The van der Waals surface area contributed by atoms with E-state index in [9.17, 15) is 4.79 Å². The minimum Gasteiger partial charge on any atom is -0.327 e. The molecule has 1 saturated heterocycles. The van der Waals surface area contributed by atoms with Crippen molar-refractivity contribution in [3.8, 4) is 0 Å². The second-order valence-electron chi connectivity index (χ2n) is 5.31. The van der Waals surface area contributed by atoms with Crippen LogP contribution in [0.4, 0.5) is 0 Å². The Bertz CT molecular complexity index is 635. The molecule has 0 aliphatic carbocycles. The first kappa shape index (κ1) is 12.8. The molecule has 2 unspecified atom stereocenters. The van der Waals surface area contributed by atoms with Crippen LogP contribution in [0, 0.1) is 5.92 Å². The SMILES string of the molecule is CC1CN(Cc2cc(=O)n3ccsc3n2)CCC1N. The van der Waals surface area contributed by atoms with E-state index in [-0.39, 0.29) is 5.56 Å². The smallest absolute Gasteiger partial charge is 0.258 e. The summed E-state index contributed by atoms with van der Waals surface area (Å²) in [5.41, 5.74) is 6.88. The first-order valence-electron chi connectivity index (χ1n) is 6.57. The third-order valence-corrected chi connectivity index (χ3v) is 4.55. The van der Waals surface area contributed by atoms with Gasteiger partial charge in [-0.25, -0.2) is 4.98 Å². The van der Waals surface area contributed by atoms with Crippen molar-refractivity contribution in [2.24, 2.45) is 11.7 Å². The highest BCUT2D eigenvalue weighted by Gasteiger charge is 2.23. The van der Waals surface area contributed by atoms with E-state index in [4.69, 9.17) is 5.73 Å². The number of nitrogens with zero attached hydrogens (tertiary/aromatic N) is 3. The van der Waals surface area contributed by atoms with Crippen LogP contribution in [-0.4, -0.2) is 33.4 Å². The standard InChI is InChI=1S/C13H18N4OS/c1-9-7-16(3-2-11(9)14)8-10-6-12(18)17-4-5-19-13(17)15-10/h4-6,9,11H,2-3,7-8,14H2,1H3. The van der Waals surface area contributed by atoms with Crippen LogP contribution < -0.4 is 11.3 Å². The minimum atomic E-state index is 0.00279. The van der Waals surface area contributed by atoms with Gasteiger partial charge in [-0.2, -0.15) is 0 Å². The molecule has 2 aromatic heterocycles. The first-order chi connectivity index (χ1) is 9.13. The van der Waals surface area contributed by atoms with Gasteiger partial charge < -0.3 is 5.73 Å². The molecule has 0 amide bonds. The van der Waals surface area contributed by atoms with E-state index in [0.717, 1.165) is 36.7 Å². The number of aromatic nitrogens is 2. The van der Waals surface area contributed by atoms with Gasteiger partial charge in [-0.15, -0.1) is 11.3 Å². The zero-order valence-electron chi connectivity index (χ0n) is 11.0. The van der Waals surface area contributed by atoms with Gasteiger partial charge in [-0.1, -0.05) is 6.92 Å². The van der Waals surface area contributed by atoms with Crippen LogP contribution in [0.25, 0.3) is 4.96 Å². The number of nitrogens with two attached hydrogens (primary N) is 1. The largest absolute Gasteiger partial charge is 0.327 e. The molecule has 0 spiro atoms. The van der Waals surface area contributed by atoms with Gasteiger partial charge in [-0.3, -0.25) is 14.1 Å². The summed E-state index contributed by atoms with van der Waals surface area (Å²) < 4.78 is 1.59. The summed E-state index contributed by atoms with van der Waals surface area (Å²) in [5, 5.41) is 1.88. The molecule has 2 N–H and O–H groups in total. The van der Waals surface area contributed by atoms with Crippen molar-refractivity contribution in [2.45, 2.75) is 25.9 Å². The molecular formula is C13H18N4OS. The van der Waals surface area contributed by atoms with Crippen molar-refractivity contribution in [3.05, 3.63) is 33.7 Å². The summed E-state index contributed by atoms with van der Waals surface area (Å²) in [4.78, 5) is 19.6. The van der Waals surface area contributed by atoms with Gasteiger partial charge in [0.05, 0.1) is 5.69 Å². The van der Waals surface area contributed by atoms with Gasteiger partial charge in [0, 0.05) is 43.3 Å². The number of fused-ring (bicyclic) bond motifs is 1. The molecule has 2 atom stereocenters. The van der Waals surface area contributed by atoms with Crippen LogP contribution in [0.15, 0.2) is 22.4 Å². The fraction of sp³-hybridized carbons (Fsp3) is 0.538. The highest BCUT2D eigenvalue weighted by Crippen LogP contribution is 2.17. The molecule has 1 fully saturated rings. The third kappa shape index (κ3) is 2.56. The molecule has 6 heteroatoms. The quantitative estimate of drug-likeness (QED) is 0.887. The summed E-state index contributed by atoms with van der Waals surface area (Å²) in [6.45, 7) is 4.88. The predicted molar refractivity (Wildman–Crippen MR) is 76.4 cm³/mol. The van der Waals surface area contributed by atoms with Gasteiger partial charge in [0.1, 0.15) is 0 Å². The molecule has 2 aromatic rings. The molecule has 3 heterocycles. The molecule has 19 heavy (non-hydrogen) atoms. The van der Waals surface area contributed by atoms with Gasteiger partial charge in [0.15, 0.2) is 4.96 Å². The van der Waals surface area contributed by atoms with E-state index in [0.29, 0.717) is 12.0 Å². The van der Waals surface area contributed by atoms with Crippen LogP contribution in [0.3, 0.4) is 0 Å². The van der Waals surface area contributed by atoms with Crippen LogP contribution in [0.2, 0.25) is 0 Å². The average Bonchev–Trinajstić information content (AvgIpc) is 2.82. The van der Waals surface area contributed by atoms with Crippen LogP contribution >= 0.6 is 11.3 Å². The zero-order valence-corrected chi connectivity index (χ0v) is 11.8. The van der Waals surface area contributed by atoms with Crippen molar-refractivity contribution in [1.82, 2.24) is 14.3 Å². The second kappa shape index (κ2) is 5.03. The topological polar surface area (TPSA) is 63.6 Å². The van der Waals surface area contributed by atoms with E-state index in [1.54, 1.807) is 16.7 Å². The lowest BCUT2D eigenvalue weighted by atomic mass is 9.95. The molecule has 0 saturated carbocycles. The van der Waals surface area contributed by atoms with Crippen molar-refractivity contribution in [2.75, 3.05) is 13.1 Å². The molecule has 1 aliphatic rings. The fourth-order valence-corrected chi connectivity index (χ4v) is 3.33. The minimum absolute atomic E-state index is 0.00279. The molecule has 1 aliphatic heterocycles. The van der Waals surface area contributed by atoms with Crippen LogP contribution in [0.5, 0.6) is 0 Å². The molecule has 5 nitrogen and oxygen atoms in total. The number of hydrogen-bond donors (Lipinski definition) is 1. The normalized spacial score (nSPS) is 24.9. The Morgan fingerprint density at radius 3 is 3.21 bits per heavy atom. The van der Waals surface area contributed by atoms with Gasteiger partial charge in [0.25, 0.3) is 5.56 Å². The van der Waals surface area contributed by atoms with Gasteiger partial charge >= 0.3 is 0 Å². The Kier molecular flexibility index (Phi) is 3.38. The van der Waals surface area contributed by atoms with Crippen LogP contribution in [-0.2, 0) is 6.54 Å². The van der Waals surface area contributed by atoms with E-state index in [2.05, 4.69) is 16.8 Å². The highest BCUT2D eigenvalue weighted by atomic mass is 32.1. The molecule has 3 rings (SSSR count). The predicted octanol–water partition coefficient (Wildman–Crippen LogP) is 0.925. The highest BCUT2D eigenvalue weighted by molar-refractivity contribution is 7.15. The second-order valence-corrected chi connectivity index (χ2v) is 6.18. The Morgan fingerprint density at radius 1 is 1.58 bits per heavy atom. The number of rotatable bonds is 2. The van der Waals surface area contributed by atoms with Gasteiger partial charge in [-0.05, 0) is 12.3 Å². The number of likely N-dealkylation sites (tertiary alicyclic amines) is 1. The number of thiazole rings is 1. The molecular weight excluding hydrogens is 260 g/mol. The summed E-state index contributed by atoms with van der Waals surface area (Å²) >= 11 is 1.49. The lowest BCUT2D eigenvalue weighted by Crippen LogP contribution is -2.45. The van der Waals surface area contributed by atoms with Gasteiger partial charge in [0.2, 0.25) is 0 Å². The summed E-state index contributed by atoms with van der Waals surface area (Å²) in [7, 11) is 0. The summed E-state index contributed by atoms with van der Waals surface area (Å²) in [6, 6.07) is 1.94. The first-order valence-corrected chi connectivity index (χ1v) is 7.45. The monoisotopic (exact) mass is 278 g/mol. The van der Waals surface area contributed by atoms with Crippen molar-refractivity contribution < 1.29 is 0 Å². The lowest BCUT2D eigenvalue weighted by Gasteiger charge is -2.34. The van der Waals surface area contributed by atoms with Crippen molar-refractivity contribution >= 4 is 16.3 Å². The maximum atomic E-state index is 11.9. The molecule has 0 bridgehead atoms. The maximum Gasteiger partial charge on any atom is 0.258 e. The lowest BCUT2D eigenvalue weighted by molar-refractivity contribution is 0.156. The number of hydrogen-bond acceptors (Lipinski definition) is 5. The van der Waals surface area contributed by atoms with E-state index < -0.39 is 0 Å². The molecule has 102 valence electrons. The Labute approximate surface area is 115 Å². The van der Waals surface area contributed by atoms with E-state index in [1.165, 1.54) is 11.3 Å². The van der Waals surface area contributed by atoms with E-state index >= 15 is 0 Å². The Morgan fingerprint density at radius 2 is 2.42 bits per heavy atom. The average molecular weight is 278 g/mol. The zero-order chi connectivity index (χ0) is 13.4. The maximum absolute atomic E-state index is 11.9. The Hall–Kier alpha value is -1.24.